The Balaban J connectivity index is 1.64. The van der Waals surface area contributed by atoms with E-state index in [4.69, 9.17) is 4.74 Å². The Morgan fingerprint density at radius 1 is 1.15 bits per heavy atom. The predicted octanol–water partition coefficient (Wildman–Crippen LogP) is 3.32. The van der Waals surface area contributed by atoms with E-state index in [0.717, 1.165) is 24.3 Å². The third-order valence-corrected chi connectivity index (χ3v) is 4.58. The molecule has 26 heavy (non-hydrogen) atoms. The zero-order chi connectivity index (χ0) is 18.5. The Morgan fingerprint density at radius 2 is 1.81 bits per heavy atom. The van der Waals surface area contributed by atoms with Crippen molar-refractivity contribution in [1.82, 2.24) is 4.90 Å². The summed E-state index contributed by atoms with van der Waals surface area (Å²) in [6.45, 7) is 1.11. The summed E-state index contributed by atoms with van der Waals surface area (Å²) in [5, 5.41) is 14.6. The Labute approximate surface area is 151 Å². The van der Waals surface area contributed by atoms with Gasteiger partial charge in [0, 0.05) is 25.2 Å². The number of rotatable bonds is 5. The van der Waals surface area contributed by atoms with Crippen molar-refractivity contribution in [1.29, 1.82) is 0 Å². The summed E-state index contributed by atoms with van der Waals surface area (Å²) >= 11 is 0. The van der Waals surface area contributed by atoms with Gasteiger partial charge in [0.1, 0.15) is 11.3 Å². The fourth-order valence-corrected chi connectivity index (χ4v) is 3.19. The van der Waals surface area contributed by atoms with Crippen LogP contribution in [0.3, 0.4) is 0 Å². The molecule has 0 unspecified atom stereocenters. The van der Waals surface area contributed by atoms with Gasteiger partial charge in [0.15, 0.2) is 0 Å². The van der Waals surface area contributed by atoms with E-state index in [1.807, 2.05) is 24.3 Å². The molecule has 7 nitrogen and oxygen atoms in total. The molecule has 0 atom stereocenters. The van der Waals surface area contributed by atoms with E-state index in [9.17, 15) is 14.9 Å². The van der Waals surface area contributed by atoms with Crippen LogP contribution in [0.4, 0.5) is 11.4 Å². The van der Waals surface area contributed by atoms with Crippen molar-refractivity contribution in [2.75, 3.05) is 25.5 Å². The number of carbonyl (C=O) groups excluding carboxylic acids is 1. The van der Waals surface area contributed by atoms with Crippen LogP contribution in [0, 0.1) is 10.1 Å². The number of carbonyl (C=O) groups is 1. The molecule has 2 aromatic carbocycles. The fourth-order valence-electron chi connectivity index (χ4n) is 3.19. The molecule has 0 aliphatic carbocycles. The summed E-state index contributed by atoms with van der Waals surface area (Å²) in [5.74, 6) is 0.499. The molecular weight excluding hydrogens is 334 g/mol. The number of nitrogens with one attached hydrogen (secondary N) is 1. The van der Waals surface area contributed by atoms with E-state index in [-0.39, 0.29) is 23.2 Å². The number of hydrogen-bond donors (Lipinski definition) is 1. The first-order chi connectivity index (χ1) is 12.6. The van der Waals surface area contributed by atoms with Gasteiger partial charge < -0.3 is 15.0 Å². The van der Waals surface area contributed by atoms with Gasteiger partial charge in [-0.2, -0.15) is 0 Å². The van der Waals surface area contributed by atoms with E-state index >= 15 is 0 Å². The zero-order valence-electron chi connectivity index (χ0n) is 14.6. The molecule has 0 aromatic heterocycles. The number of likely N-dealkylation sites (tertiary alicyclic amines) is 1. The second kappa shape index (κ2) is 7.86. The summed E-state index contributed by atoms with van der Waals surface area (Å²) in [7, 11) is 1.63. The number of para-hydroxylation sites is 3. The summed E-state index contributed by atoms with van der Waals surface area (Å²) in [5.41, 5.74) is 0.930. The first kappa shape index (κ1) is 17.7. The second-order valence-electron chi connectivity index (χ2n) is 6.19. The van der Waals surface area contributed by atoms with Crippen molar-refractivity contribution >= 4 is 17.3 Å². The van der Waals surface area contributed by atoms with Crippen LogP contribution in [-0.4, -0.2) is 42.0 Å². The fraction of sp³-hybridized carbons (Fsp3) is 0.316. The van der Waals surface area contributed by atoms with Gasteiger partial charge >= 0.3 is 0 Å². The lowest BCUT2D eigenvalue weighted by molar-refractivity contribution is -0.385. The minimum absolute atomic E-state index is 0.147. The van der Waals surface area contributed by atoms with E-state index < -0.39 is 4.92 Å². The SMILES string of the molecule is COc1ccccc1NC1CCN(C(=O)c2ccccc2[N+](=O)[O-])CC1. The molecule has 1 aliphatic rings. The molecule has 7 heteroatoms. The average Bonchev–Trinajstić information content (AvgIpc) is 2.68. The minimum Gasteiger partial charge on any atom is -0.495 e. The maximum atomic E-state index is 12.7. The number of nitrogens with zero attached hydrogens (tertiary/aromatic N) is 2. The minimum atomic E-state index is -0.511. The van der Waals surface area contributed by atoms with E-state index in [0.29, 0.717) is 13.1 Å². The van der Waals surface area contributed by atoms with Crippen LogP contribution in [0.1, 0.15) is 23.2 Å². The monoisotopic (exact) mass is 355 g/mol. The molecule has 0 radical (unpaired) electrons. The van der Waals surface area contributed by atoms with Gasteiger partial charge in [0.2, 0.25) is 0 Å². The number of methoxy groups -OCH3 is 1. The van der Waals surface area contributed by atoms with Gasteiger partial charge in [-0.15, -0.1) is 0 Å². The van der Waals surface area contributed by atoms with E-state index in [1.54, 1.807) is 24.1 Å². The molecule has 1 aliphatic heterocycles. The molecule has 136 valence electrons. The largest absolute Gasteiger partial charge is 0.495 e. The molecule has 1 heterocycles. The number of piperidine rings is 1. The molecular formula is C19H21N3O4. The summed E-state index contributed by atoms with van der Waals surface area (Å²) in [4.78, 5) is 25.0. The highest BCUT2D eigenvalue weighted by atomic mass is 16.6. The van der Waals surface area contributed by atoms with Gasteiger partial charge in [-0.05, 0) is 31.0 Å². The molecule has 1 saturated heterocycles. The number of benzene rings is 2. The smallest absolute Gasteiger partial charge is 0.282 e. The van der Waals surface area contributed by atoms with Gasteiger partial charge in [-0.25, -0.2) is 0 Å². The molecule has 1 amide bonds. The number of nitro groups is 1. The molecule has 2 aromatic rings. The highest BCUT2D eigenvalue weighted by Gasteiger charge is 2.28. The first-order valence-corrected chi connectivity index (χ1v) is 8.52. The van der Waals surface area contributed by atoms with Crippen molar-refractivity contribution in [2.24, 2.45) is 0 Å². The Bertz CT molecular complexity index is 801. The molecule has 1 N–H and O–H groups in total. The maximum Gasteiger partial charge on any atom is 0.282 e. The van der Waals surface area contributed by atoms with Crippen molar-refractivity contribution in [3.8, 4) is 5.75 Å². The van der Waals surface area contributed by atoms with Gasteiger partial charge in [-0.3, -0.25) is 14.9 Å². The number of hydrogen-bond acceptors (Lipinski definition) is 5. The summed E-state index contributed by atoms with van der Waals surface area (Å²) < 4.78 is 5.35. The predicted molar refractivity (Wildman–Crippen MR) is 98.6 cm³/mol. The van der Waals surface area contributed by atoms with Crippen molar-refractivity contribution in [3.63, 3.8) is 0 Å². The Morgan fingerprint density at radius 3 is 2.50 bits per heavy atom. The lowest BCUT2D eigenvalue weighted by atomic mass is 10.0. The van der Waals surface area contributed by atoms with Crippen molar-refractivity contribution in [2.45, 2.75) is 18.9 Å². The highest BCUT2D eigenvalue weighted by molar-refractivity contribution is 5.98. The van der Waals surface area contributed by atoms with Crippen molar-refractivity contribution < 1.29 is 14.5 Å². The molecule has 0 saturated carbocycles. The molecule has 1 fully saturated rings. The van der Waals surface area contributed by atoms with Crippen LogP contribution < -0.4 is 10.1 Å². The number of ether oxygens (including phenoxy) is 1. The topological polar surface area (TPSA) is 84.7 Å². The summed E-state index contributed by atoms with van der Waals surface area (Å²) in [6, 6.07) is 14.0. The van der Waals surface area contributed by atoms with E-state index in [2.05, 4.69) is 5.32 Å². The van der Waals surface area contributed by atoms with Crippen LogP contribution in [0.2, 0.25) is 0 Å². The quantitative estimate of drug-likeness (QED) is 0.657. The lowest BCUT2D eigenvalue weighted by Gasteiger charge is -2.33. The van der Waals surface area contributed by atoms with Gasteiger partial charge in [0.05, 0.1) is 17.7 Å². The standard InChI is InChI=1S/C19H21N3O4/c1-26-18-9-5-3-7-16(18)20-14-10-12-21(13-11-14)19(23)15-6-2-4-8-17(15)22(24)25/h2-9,14,20H,10-13H2,1H3. The molecule has 0 spiro atoms. The lowest BCUT2D eigenvalue weighted by Crippen LogP contribution is -2.42. The van der Waals surface area contributed by atoms with Crippen LogP contribution in [0.15, 0.2) is 48.5 Å². The van der Waals surface area contributed by atoms with Crippen LogP contribution in [-0.2, 0) is 0 Å². The van der Waals surface area contributed by atoms with Crippen LogP contribution in [0.5, 0.6) is 5.75 Å². The Hall–Kier alpha value is -3.09. The third-order valence-electron chi connectivity index (χ3n) is 4.58. The number of anilines is 1. The molecule has 0 bridgehead atoms. The molecule has 3 rings (SSSR count). The van der Waals surface area contributed by atoms with Gasteiger partial charge in [-0.1, -0.05) is 24.3 Å². The average molecular weight is 355 g/mol. The Kier molecular flexibility index (Phi) is 5.36. The summed E-state index contributed by atoms with van der Waals surface area (Å²) in [6.07, 6.45) is 1.54. The van der Waals surface area contributed by atoms with Crippen LogP contribution in [0.25, 0.3) is 0 Å². The zero-order valence-corrected chi connectivity index (χ0v) is 14.6. The van der Waals surface area contributed by atoms with Gasteiger partial charge in [0.25, 0.3) is 11.6 Å². The van der Waals surface area contributed by atoms with E-state index in [1.165, 1.54) is 12.1 Å². The normalized spacial score (nSPS) is 14.7. The number of nitro benzene ring substituents is 1. The maximum absolute atomic E-state index is 12.7. The second-order valence-corrected chi connectivity index (χ2v) is 6.19. The van der Waals surface area contributed by atoms with Crippen molar-refractivity contribution in [3.05, 3.63) is 64.2 Å². The first-order valence-electron chi connectivity index (χ1n) is 8.52. The highest BCUT2D eigenvalue weighted by Crippen LogP contribution is 2.27. The third kappa shape index (κ3) is 3.77. The number of amides is 1. The van der Waals surface area contributed by atoms with Crippen LogP contribution >= 0.6 is 0 Å².